The molecule has 1 aliphatic heterocycles. The minimum absolute atomic E-state index is 0.171. The number of nitrogens with one attached hydrogen (secondary N) is 2. The number of hydrogen-bond donors (Lipinski definition) is 4. The third-order valence-corrected chi connectivity index (χ3v) is 8.07. The fourth-order valence-electron chi connectivity index (χ4n) is 5.19. The zero-order valence-electron chi connectivity index (χ0n) is 18.5. The average molecular weight is 493 g/mol. The molecule has 1 spiro atoms. The lowest BCUT2D eigenvalue weighted by Crippen LogP contribution is -2.43. The highest BCUT2D eigenvalue weighted by molar-refractivity contribution is 7.19. The van der Waals surface area contributed by atoms with Crippen molar-refractivity contribution in [1.29, 1.82) is 0 Å². The molecule has 1 aromatic heterocycles. The molecule has 2 aliphatic rings. The Hall–Kier alpha value is -3.29. The van der Waals surface area contributed by atoms with E-state index in [0.29, 0.717) is 38.2 Å². The third kappa shape index (κ3) is 3.75. The summed E-state index contributed by atoms with van der Waals surface area (Å²) in [4.78, 5) is 27.3. The second kappa shape index (κ2) is 8.81. The van der Waals surface area contributed by atoms with Crippen molar-refractivity contribution in [2.45, 2.75) is 37.5 Å². The van der Waals surface area contributed by atoms with E-state index in [4.69, 9.17) is 23.1 Å². The van der Waals surface area contributed by atoms with Crippen LogP contribution in [0.4, 0.5) is 16.4 Å². The number of hydrogen-bond acceptors (Lipinski definition) is 6. The summed E-state index contributed by atoms with van der Waals surface area (Å²) >= 11 is 7.29. The van der Waals surface area contributed by atoms with Crippen LogP contribution in [0.1, 0.15) is 52.9 Å². The maximum atomic E-state index is 13.6. The van der Waals surface area contributed by atoms with E-state index in [0.717, 1.165) is 42.7 Å². The van der Waals surface area contributed by atoms with Crippen molar-refractivity contribution in [2.75, 3.05) is 16.4 Å². The predicted molar refractivity (Wildman–Crippen MR) is 138 cm³/mol. The fourth-order valence-corrected chi connectivity index (χ4v) is 6.51. The molecular formula is C26H25ClN4O2S. The van der Waals surface area contributed by atoms with E-state index in [2.05, 4.69) is 10.6 Å². The first-order valence-electron chi connectivity index (χ1n) is 11.3. The molecule has 0 bridgehead atoms. The SMILES string of the molecule is NC1=C(C(=O)Nc2ccccc2)C2(CCCCC2)c2c(sc(C(=O)c3ccc(Cl)cc3)c2N)N1. The van der Waals surface area contributed by atoms with Gasteiger partial charge in [-0.3, -0.25) is 9.59 Å². The topological polar surface area (TPSA) is 110 Å². The Balaban J connectivity index is 1.59. The Morgan fingerprint density at radius 1 is 0.971 bits per heavy atom. The van der Waals surface area contributed by atoms with Crippen LogP contribution >= 0.6 is 22.9 Å². The molecule has 1 amide bonds. The van der Waals surface area contributed by atoms with E-state index < -0.39 is 5.41 Å². The van der Waals surface area contributed by atoms with E-state index >= 15 is 0 Å². The number of halogens is 1. The van der Waals surface area contributed by atoms with Gasteiger partial charge < -0.3 is 22.1 Å². The molecule has 0 saturated heterocycles. The number of thiophene rings is 1. The maximum absolute atomic E-state index is 13.6. The maximum Gasteiger partial charge on any atom is 0.256 e. The number of amides is 1. The summed E-state index contributed by atoms with van der Waals surface area (Å²) in [7, 11) is 0. The highest BCUT2D eigenvalue weighted by Crippen LogP contribution is 2.56. The van der Waals surface area contributed by atoms with Crippen molar-refractivity contribution in [3.8, 4) is 0 Å². The molecule has 174 valence electrons. The van der Waals surface area contributed by atoms with E-state index in [1.54, 1.807) is 24.3 Å². The van der Waals surface area contributed by atoms with Crippen molar-refractivity contribution < 1.29 is 9.59 Å². The van der Waals surface area contributed by atoms with E-state index in [1.807, 2.05) is 30.3 Å². The van der Waals surface area contributed by atoms with Crippen LogP contribution in [0.25, 0.3) is 0 Å². The minimum atomic E-state index is -0.638. The molecule has 3 aromatic rings. The molecule has 0 radical (unpaired) electrons. The van der Waals surface area contributed by atoms with E-state index in [-0.39, 0.29) is 11.7 Å². The number of rotatable bonds is 4. The number of carbonyl (C=O) groups excluding carboxylic acids is 2. The summed E-state index contributed by atoms with van der Waals surface area (Å²) in [5.41, 5.74) is 15.5. The van der Waals surface area contributed by atoms with E-state index in [9.17, 15) is 9.59 Å². The van der Waals surface area contributed by atoms with Crippen LogP contribution in [-0.4, -0.2) is 11.7 Å². The molecule has 0 unspecified atom stereocenters. The highest BCUT2D eigenvalue weighted by Gasteiger charge is 2.49. The molecule has 2 heterocycles. The first-order chi connectivity index (χ1) is 16.4. The van der Waals surface area contributed by atoms with Gasteiger partial charge >= 0.3 is 0 Å². The van der Waals surface area contributed by atoms with Gasteiger partial charge in [-0.05, 0) is 49.2 Å². The van der Waals surface area contributed by atoms with Gasteiger partial charge in [0.2, 0.25) is 5.78 Å². The molecule has 34 heavy (non-hydrogen) atoms. The van der Waals surface area contributed by atoms with Gasteiger partial charge in [-0.2, -0.15) is 0 Å². The largest absolute Gasteiger partial charge is 0.397 e. The number of nitrogens with two attached hydrogens (primary N) is 2. The number of para-hydroxylation sites is 1. The van der Waals surface area contributed by atoms with Crippen LogP contribution in [0.5, 0.6) is 0 Å². The fraction of sp³-hybridized carbons (Fsp3) is 0.231. The van der Waals surface area contributed by atoms with Crippen molar-refractivity contribution in [3.05, 3.63) is 87.0 Å². The molecule has 6 N–H and O–H groups in total. The quantitative estimate of drug-likeness (QED) is 0.352. The van der Waals surface area contributed by atoms with Gasteiger partial charge in [0.05, 0.1) is 11.3 Å². The standard InChI is InChI=1S/C26H25ClN4O2S/c27-16-11-9-15(10-12-16)21(32)22-20(28)18-25(34-22)31-23(29)19(26(18)13-5-2-6-14-26)24(33)30-17-7-3-1-4-8-17/h1,3-4,7-12,31H,2,5-6,13-14,28-29H2,(H,30,33). The molecule has 1 fully saturated rings. The zero-order valence-corrected chi connectivity index (χ0v) is 20.1. The van der Waals surface area contributed by atoms with Crippen LogP contribution in [0.3, 0.4) is 0 Å². The highest BCUT2D eigenvalue weighted by atomic mass is 35.5. The Morgan fingerprint density at radius 2 is 1.65 bits per heavy atom. The van der Waals surface area contributed by atoms with Gasteiger partial charge in [0.15, 0.2) is 0 Å². The first-order valence-corrected chi connectivity index (χ1v) is 12.5. The van der Waals surface area contributed by atoms with Crippen LogP contribution in [0.15, 0.2) is 66.0 Å². The van der Waals surface area contributed by atoms with Gasteiger partial charge in [-0.15, -0.1) is 11.3 Å². The van der Waals surface area contributed by atoms with Gasteiger partial charge in [-0.1, -0.05) is 49.1 Å². The second-order valence-corrected chi connectivity index (χ2v) is 10.2. The molecule has 8 heteroatoms. The van der Waals surface area contributed by atoms with Gasteiger partial charge in [0, 0.05) is 27.3 Å². The van der Waals surface area contributed by atoms with Crippen LogP contribution < -0.4 is 22.1 Å². The molecule has 2 aromatic carbocycles. The summed E-state index contributed by atoms with van der Waals surface area (Å²) in [5.74, 6) is -0.107. The lowest BCUT2D eigenvalue weighted by Gasteiger charge is -2.42. The normalized spacial score (nSPS) is 16.6. The summed E-state index contributed by atoms with van der Waals surface area (Å²) in [6.45, 7) is 0. The summed E-state index contributed by atoms with van der Waals surface area (Å²) in [6.07, 6.45) is 4.47. The van der Waals surface area contributed by atoms with Crippen molar-refractivity contribution >= 4 is 51.0 Å². The minimum Gasteiger partial charge on any atom is -0.397 e. The number of fused-ring (bicyclic) bond motifs is 2. The average Bonchev–Trinajstić information content (AvgIpc) is 3.16. The Bertz CT molecular complexity index is 1290. The summed E-state index contributed by atoms with van der Waals surface area (Å²) < 4.78 is 0. The van der Waals surface area contributed by atoms with Crippen molar-refractivity contribution in [1.82, 2.24) is 0 Å². The van der Waals surface area contributed by atoms with Crippen LogP contribution in [0, 0.1) is 0 Å². The third-order valence-electron chi connectivity index (χ3n) is 6.70. The van der Waals surface area contributed by atoms with E-state index in [1.165, 1.54) is 11.3 Å². The lowest BCUT2D eigenvalue weighted by atomic mass is 9.63. The summed E-state index contributed by atoms with van der Waals surface area (Å²) in [6, 6.07) is 16.1. The number of ketones is 1. The smallest absolute Gasteiger partial charge is 0.256 e. The zero-order chi connectivity index (χ0) is 23.9. The second-order valence-electron chi connectivity index (χ2n) is 8.76. The number of benzene rings is 2. The molecular weight excluding hydrogens is 468 g/mol. The molecule has 6 nitrogen and oxygen atoms in total. The van der Waals surface area contributed by atoms with Crippen LogP contribution in [-0.2, 0) is 10.2 Å². The molecule has 5 rings (SSSR count). The van der Waals surface area contributed by atoms with Gasteiger partial charge in [0.25, 0.3) is 5.91 Å². The number of carbonyl (C=O) groups is 2. The number of anilines is 3. The number of nitrogen functional groups attached to an aromatic ring is 1. The Kier molecular flexibility index (Phi) is 5.83. The molecule has 1 saturated carbocycles. The Morgan fingerprint density at radius 3 is 2.32 bits per heavy atom. The van der Waals surface area contributed by atoms with Crippen molar-refractivity contribution in [2.24, 2.45) is 5.73 Å². The monoisotopic (exact) mass is 492 g/mol. The van der Waals surface area contributed by atoms with Gasteiger partial charge in [-0.25, -0.2) is 0 Å². The summed E-state index contributed by atoms with van der Waals surface area (Å²) in [5, 5.41) is 7.48. The molecule has 0 atom stereocenters. The first kappa shape index (κ1) is 22.5. The van der Waals surface area contributed by atoms with Crippen LogP contribution in [0.2, 0.25) is 5.02 Å². The Labute approximate surface area is 207 Å². The van der Waals surface area contributed by atoms with Crippen molar-refractivity contribution in [3.63, 3.8) is 0 Å². The lowest BCUT2D eigenvalue weighted by molar-refractivity contribution is -0.113. The predicted octanol–water partition coefficient (Wildman–Crippen LogP) is 5.65. The van der Waals surface area contributed by atoms with Gasteiger partial charge in [0.1, 0.15) is 15.7 Å². The molecule has 1 aliphatic carbocycles.